The number of hydrogen-bond acceptors (Lipinski definition) is 3. The van der Waals surface area contributed by atoms with E-state index in [1.807, 2.05) is 24.3 Å². The maximum Gasteiger partial charge on any atom is 0.0916 e. The van der Waals surface area contributed by atoms with Crippen LogP contribution in [0.15, 0.2) is 72.8 Å². The summed E-state index contributed by atoms with van der Waals surface area (Å²) in [5.41, 5.74) is 6.39. The smallest absolute Gasteiger partial charge is 0.0916 e. The number of aryl methyl sites for hydroxylation is 2. The van der Waals surface area contributed by atoms with Crippen LogP contribution in [0.2, 0.25) is 5.02 Å². The number of benzene rings is 3. The summed E-state index contributed by atoms with van der Waals surface area (Å²) in [6, 6.07) is 25.0. The Balaban J connectivity index is 1.40. The van der Waals surface area contributed by atoms with Crippen LogP contribution in [0, 0.1) is 0 Å². The Morgan fingerprint density at radius 2 is 1.47 bits per heavy atom. The van der Waals surface area contributed by atoms with Gasteiger partial charge in [0.2, 0.25) is 0 Å². The van der Waals surface area contributed by atoms with Crippen molar-refractivity contribution in [2.45, 2.75) is 25.4 Å². The van der Waals surface area contributed by atoms with E-state index in [2.05, 4.69) is 65.4 Å². The summed E-state index contributed by atoms with van der Waals surface area (Å²) < 4.78 is 0. The predicted octanol–water partition coefficient (Wildman–Crippen LogP) is 5.63. The lowest BCUT2D eigenvalue weighted by atomic mass is 10.0. The Morgan fingerprint density at radius 3 is 2.07 bits per heavy atom. The minimum absolute atomic E-state index is 0.507. The number of halogens is 1. The fraction of sp³-hybridized carbons (Fsp3) is 0.308. The highest BCUT2D eigenvalue weighted by atomic mass is 35.5. The van der Waals surface area contributed by atoms with Gasteiger partial charge in [-0.15, -0.1) is 0 Å². The van der Waals surface area contributed by atoms with Crippen LogP contribution < -0.4 is 4.90 Å². The number of hydrogen-bond donors (Lipinski definition) is 1. The molecule has 0 aromatic heterocycles. The molecular weight excluding hydrogens is 392 g/mol. The van der Waals surface area contributed by atoms with Crippen LogP contribution in [0.25, 0.3) is 0 Å². The highest BCUT2D eigenvalue weighted by Gasteiger charge is 2.20. The van der Waals surface area contributed by atoms with Crippen LogP contribution in [-0.2, 0) is 12.8 Å². The van der Waals surface area contributed by atoms with Gasteiger partial charge in [0, 0.05) is 29.5 Å². The molecule has 1 unspecified atom stereocenters. The van der Waals surface area contributed by atoms with Crippen molar-refractivity contribution in [1.29, 1.82) is 0 Å². The van der Waals surface area contributed by atoms with E-state index >= 15 is 0 Å². The highest BCUT2D eigenvalue weighted by molar-refractivity contribution is 6.30. The molecule has 1 atom stereocenters. The summed E-state index contributed by atoms with van der Waals surface area (Å²) in [6.07, 6.45) is 2.67. The first-order valence-corrected chi connectivity index (χ1v) is 11.0. The Morgan fingerprint density at radius 1 is 0.900 bits per heavy atom. The molecule has 3 aromatic rings. The van der Waals surface area contributed by atoms with Gasteiger partial charge in [0.1, 0.15) is 0 Å². The first-order valence-electron chi connectivity index (χ1n) is 10.7. The van der Waals surface area contributed by atoms with Crippen molar-refractivity contribution in [3.63, 3.8) is 0 Å². The van der Waals surface area contributed by atoms with Crippen LogP contribution in [-0.4, -0.2) is 36.7 Å². The number of rotatable bonds is 7. The third kappa shape index (κ3) is 4.86. The average molecular weight is 421 g/mol. The monoisotopic (exact) mass is 420 g/mol. The predicted molar refractivity (Wildman–Crippen MR) is 126 cm³/mol. The minimum atomic E-state index is -0.507. The summed E-state index contributed by atoms with van der Waals surface area (Å²) in [5, 5.41) is 11.2. The Kier molecular flexibility index (Phi) is 6.73. The van der Waals surface area contributed by atoms with Crippen LogP contribution in [0.4, 0.5) is 11.4 Å². The SMILES string of the molecule is CN(CCCN1c2ccccc2CCc2ccccc21)CC(O)c1ccc(Cl)cc1. The maximum atomic E-state index is 10.5. The number of para-hydroxylation sites is 2. The summed E-state index contributed by atoms with van der Waals surface area (Å²) in [6.45, 7) is 2.48. The molecule has 0 aliphatic carbocycles. The highest BCUT2D eigenvalue weighted by Crippen LogP contribution is 2.35. The standard InChI is InChI=1S/C26H29ClN2O/c1-28(19-26(30)22-13-15-23(27)16-14-22)17-6-18-29-24-9-4-2-7-20(24)11-12-21-8-3-5-10-25(21)29/h2-5,7-10,13-16,26,30H,6,11-12,17-19H2,1H3. The largest absolute Gasteiger partial charge is 0.387 e. The van der Waals surface area contributed by atoms with E-state index in [0.29, 0.717) is 11.6 Å². The molecule has 3 aromatic carbocycles. The molecular formula is C26H29ClN2O. The lowest BCUT2D eigenvalue weighted by Crippen LogP contribution is -2.29. The van der Waals surface area contributed by atoms with Gasteiger partial charge in [0.05, 0.1) is 6.10 Å². The molecule has 0 bridgehead atoms. The van der Waals surface area contributed by atoms with Gasteiger partial charge in [0.15, 0.2) is 0 Å². The second-order valence-electron chi connectivity index (χ2n) is 8.09. The van der Waals surface area contributed by atoms with E-state index in [1.54, 1.807) is 0 Å². The number of likely N-dealkylation sites (N-methyl/N-ethyl adjacent to an activating group) is 1. The fourth-order valence-corrected chi connectivity index (χ4v) is 4.41. The van der Waals surface area contributed by atoms with E-state index in [4.69, 9.17) is 11.6 Å². The molecule has 3 nitrogen and oxygen atoms in total. The Hall–Kier alpha value is -2.33. The van der Waals surface area contributed by atoms with Crippen LogP contribution in [0.3, 0.4) is 0 Å². The summed E-state index contributed by atoms with van der Waals surface area (Å²) in [7, 11) is 2.07. The average Bonchev–Trinajstić information content (AvgIpc) is 2.91. The molecule has 1 N–H and O–H groups in total. The van der Waals surface area contributed by atoms with Gasteiger partial charge in [-0.2, -0.15) is 0 Å². The van der Waals surface area contributed by atoms with E-state index in [-0.39, 0.29) is 0 Å². The zero-order chi connectivity index (χ0) is 20.9. The van der Waals surface area contributed by atoms with Gasteiger partial charge in [-0.05, 0) is 73.8 Å². The summed E-state index contributed by atoms with van der Waals surface area (Å²) in [5.74, 6) is 0. The number of nitrogens with zero attached hydrogens (tertiary/aromatic N) is 2. The number of aliphatic hydroxyl groups is 1. The lowest BCUT2D eigenvalue weighted by Gasteiger charge is -2.28. The molecule has 4 heteroatoms. The maximum absolute atomic E-state index is 10.5. The number of anilines is 2. The normalized spacial score (nSPS) is 14.2. The van der Waals surface area contributed by atoms with E-state index < -0.39 is 6.10 Å². The van der Waals surface area contributed by atoms with Crippen molar-refractivity contribution >= 4 is 23.0 Å². The quantitative estimate of drug-likeness (QED) is 0.536. The van der Waals surface area contributed by atoms with Gasteiger partial charge in [-0.1, -0.05) is 60.1 Å². The van der Waals surface area contributed by atoms with Crippen molar-refractivity contribution in [3.8, 4) is 0 Å². The van der Waals surface area contributed by atoms with Crippen LogP contribution in [0.5, 0.6) is 0 Å². The van der Waals surface area contributed by atoms with Crippen molar-refractivity contribution < 1.29 is 5.11 Å². The fourth-order valence-electron chi connectivity index (χ4n) is 4.29. The van der Waals surface area contributed by atoms with Crippen molar-refractivity contribution in [2.24, 2.45) is 0 Å². The number of fused-ring (bicyclic) bond motifs is 2. The first kappa shape index (κ1) is 20.9. The van der Waals surface area contributed by atoms with Gasteiger partial charge in [-0.25, -0.2) is 0 Å². The van der Waals surface area contributed by atoms with E-state index in [0.717, 1.165) is 37.9 Å². The number of aliphatic hydroxyl groups excluding tert-OH is 1. The zero-order valence-corrected chi connectivity index (χ0v) is 18.2. The molecule has 1 aliphatic rings. The molecule has 1 heterocycles. The van der Waals surface area contributed by atoms with Gasteiger partial charge < -0.3 is 14.9 Å². The molecule has 0 saturated carbocycles. The molecule has 0 radical (unpaired) electrons. The van der Waals surface area contributed by atoms with Gasteiger partial charge >= 0.3 is 0 Å². The van der Waals surface area contributed by atoms with Crippen LogP contribution in [0.1, 0.15) is 29.2 Å². The van der Waals surface area contributed by atoms with Crippen molar-refractivity contribution in [1.82, 2.24) is 4.90 Å². The lowest BCUT2D eigenvalue weighted by molar-refractivity contribution is 0.126. The minimum Gasteiger partial charge on any atom is -0.387 e. The molecule has 4 rings (SSSR count). The van der Waals surface area contributed by atoms with Crippen molar-refractivity contribution in [2.75, 3.05) is 31.6 Å². The summed E-state index contributed by atoms with van der Waals surface area (Å²) >= 11 is 5.95. The zero-order valence-electron chi connectivity index (χ0n) is 17.5. The van der Waals surface area contributed by atoms with Gasteiger partial charge in [-0.3, -0.25) is 0 Å². The first-order chi connectivity index (χ1) is 14.6. The molecule has 0 saturated heterocycles. The Bertz CT molecular complexity index is 925. The molecule has 1 aliphatic heterocycles. The van der Waals surface area contributed by atoms with E-state index in [1.165, 1.54) is 22.5 Å². The molecule has 30 heavy (non-hydrogen) atoms. The van der Waals surface area contributed by atoms with Crippen LogP contribution >= 0.6 is 11.6 Å². The molecule has 0 fully saturated rings. The topological polar surface area (TPSA) is 26.7 Å². The van der Waals surface area contributed by atoms with Gasteiger partial charge in [0.25, 0.3) is 0 Å². The molecule has 156 valence electrons. The molecule has 0 amide bonds. The summed E-state index contributed by atoms with van der Waals surface area (Å²) in [4.78, 5) is 4.68. The second kappa shape index (κ2) is 9.65. The molecule has 0 spiro atoms. The van der Waals surface area contributed by atoms with E-state index in [9.17, 15) is 5.11 Å². The third-order valence-corrected chi connectivity index (χ3v) is 6.14. The Labute approximate surface area is 184 Å². The third-order valence-electron chi connectivity index (χ3n) is 5.89. The second-order valence-corrected chi connectivity index (χ2v) is 8.53. The van der Waals surface area contributed by atoms with Crippen molar-refractivity contribution in [3.05, 3.63) is 94.5 Å².